The van der Waals surface area contributed by atoms with Crippen LogP contribution in [0.1, 0.15) is 81.3 Å². The quantitative estimate of drug-likeness (QED) is 0.681. The summed E-state index contributed by atoms with van der Waals surface area (Å²) in [5.74, 6) is 1.50. The standard InChI is InChI=1S/C18H26O/c1-11(2)13-7-8-14(15(9-13)12(3)4)17(19)16-10-18(16,5)6/h7-9,11-12,16H,10H2,1-6H3. The summed E-state index contributed by atoms with van der Waals surface area (Å²) >= 11 is 0. The zero-order valence-electron chi connectivity index (χ0n) is 13.1. The van der Waals surface area contributed by atoms with Crippen LogP contribution in [0, 0.1) is 11.3 Å². The van der Waals surface area contributed by atoms with Gasteiger partial charge in [-0.15, -0.1) is 0 Å². The smallest absolute Gasteiger partial charge is 0.166 e. The summed E-state index contributed by atoms with van der Waals surface area (Å²) in [4.78, 5) is 12.6. The SMILES string of the molecule is CC(C)c1ccc(C(=O)C2CC2(C)C)c(C(C)C)c1. The maximum atomic E-state index is 12.6. The van der Waals surface area contributed by atoms with Crippen LogP contribution in [0.2, 0.25) is 0 Å². The third kappa shape index (κ3) is 2.75. The van der Waals surface area contributed by atoms with Gasteiger partial charge in [-0.1, -0.05) is 59.7 Å². The molecule has 1 unspecified atom stereocenters. The number of hydrogen-bond acceptors (Lipinski definition) is 1. The first-order valence-electron chi connectivity index (χ1n) is 7.42. The van der Waals surface area contributed by atoms with Crippen LogP contribution < -0.4 is 0 Å². The van der Waals surface area contributed by atoms with Crippen LogP contribution in [-0.4, -0.2) is 5.78 Å². The van der Waals surface area contributed by atoms with E-state index in [0.29, 0.717) is 17.6 Å². The van der Waals surface area contributed by atoms with Gasteiger partial charge in [0.2, 0.25) is 0 Å². The lowest BCUT2D eigenvalue weighted by atomic mass is 9.88. The summed E-state index contributed by atoms with van der Waals surface area (Å²) in [5.41, 5.74) is 3.71. The first-order valence-corrected chi connectivity index (χ1v) is 7.42. The summed E-state index contributed by atoms with van der Waals surface area (Å²) < 4.78 is 0. The van der Waals surface area contributed by atoms with Gasteiger partial charge in [0.1, 0.15) is 0 Å². The highest BCUT2D eigenvalue weighted by molar-refractivity contribution is 6.01. The Balaban J connectivity index is 2.37. The Bertz CT molecular complexity index is 494. The predicted octanol–water partition coefficient (Wildman–Crippen LogP) is 5.16. The molecule has 0 amide bonds. The van der Waals surface area contributed by atoms with Crippen molar-refractivity contribution >= 4 is 5.78 Å². The van der Waals surface area contributed by atoms with E-state index in [9.17, 15) is 4.79 Å². The molecule has 1 aromatic carbocycles. The molecule has 1 aliphatic rings. The number of carbonyl (C=O) groups excluding carboxylic acids is 1. The Labute approximate surface area is 117 Å². The van der Waals surface area contributed by atoms with E-state index in [2.05, 4.69) is 59.7 Å². The predicted molar refractivity (Wildman–Crippen MR) is 80.8 cm³/mol. The molecular weight excluding hydrogens is 232 g/mol. The van der Waals surface area contributed by atoms with Crippen molar-refractivity contribution in [1.29, 1.82) is 0 Å². The van der Waals surface area contributed by atoms with E-state index in [1.807, 2.05) is 0 Å². The first kappa shape index (κ1) is 14.3. The minimum Gasteiger partial charge on any atom is -0.294 e. The summed E-state index contributed by atoms with van der Waals surface area (Å²) in [7, 11) is 0. The van der Waals surface area contributed by atoms with Crippen molar-refractivity contribution in [2.24, 2.45) is 11.3 Å². The van der Waals surface area contributed by atoms with Crippen LogP contribution in [0.15, 0.2) is 18.2 Å². The minimum atomic E-state index is 0.210. The molecule has 1 fully saturated rings. The zero-order valence-corrected chi connectivity index (χ0v) is 13.1. The van der Waals surface area contributed by atoms with Crippen molar-refractivity contribution in [2.45, 2.75) is 59.8 Å². The second-order valence-electron chi connectivity index (χ2n) is 7.27. The summed E-state index contributed by atoms with van der Waals surface area (Å²) in [6, 6.07) is 6.42. The van der Waals surface area contributed by atoms with Crippen LogP contribution in [0.3, 0.4) is 0 Å². The van der Waals surface area contributed by atoms with Crippen molar-refractivity contribution in [3.8, 4) is 0 Å². The molecule has 1 atom stereocenters. The topological polar surface area (TPSA) is 17.1 Å². The number of ketones is 1. The lowest BCUT2D eigenvalue weighted by molar-refractivity contribution is 0.0952. The van der Waals surface area contributed by atoms with E-state index < -0.39 is 0 Å². The van der Waals surface area contributed by atoms with Gasteiger partial charge in [-0.25, -0.2) is 0 Å². The second-order valence-corrected chi connectivity index (χ2v) is 7.27. The molecule has 1 saturated carbocycles. The molecular formula is C18H26O. The van der Waals surface area contributed by atoms with Gasteiger partial charge < -0.3 is 0 Å². The number of hydrogen-bond donors (Lipinski definition) is 0. The van der Waals surface area contributed by atoms with Crippen molar-refractivity contribution in [2.75, 3.05) is 0 Å². The molecule has 1 nitrogen and oxygen atoms in total. The van der Waals surface area contributed by atoms with Gasteiger partial charge in [-0.05, 0) is 34.8 Å². The number of Topliss-reactive ketones (excluding diaryl/α,β-unsaturated/α-hetero) is 1. The molecule has 2 rings (SSSR count). The molecule has 0 saturated heterocycles. The van der Waals surface area contributed by atoms with Crippen LogP contribution in [0.5, 0.6) is 0 Å². The minimum absolute atomic E-state index is 0.210. The highest BCUT2D eigenvalue weighted by Crippen LogP contribution is 2.53. The van der Waals surface area contributed by atoms with E-state index in [0.717, 1.165) is 12.0 Å². The van der Waals surface area contributed by atoms with Crippen LogP contribution in [0.4, 0.5) is 0 Å². The first-order chi connectivity index (χ1) is 8.74. The molecule has 1 aromatic rings. The third-order valence-electron chi connectivity index (χ3n) is 4.46. The fourth-order valence-corrected chi connectivity index (χ4v) is 2.74. The largest absolute Gasteiger partial charge is 0.294 e. The van der Waals surface area contributed by atoms with E-state index in [1.165, 1.54) is 11.1 Å². The molecule has 0 aromatic heterocycles. The molecule has 0 heterocycles. The lowest BCUT2D eigenvalue weighted by Gasteiger charge is -2.16. The average Bonchev–Trinajstić information content (AvgIpc) is 2.96. The molecule has 104 valence electrons. The molecule has 0 spiro atoms. The van der Waals surface area contributed by atoms with Crippen molar-refractivity contribution in [1.82, 2.24) is 0 Å². The Morgan fingerprint density at radius 1 is 1.16 bits per heavy atom. The van der Waals surface area contributed by atoms with Crippen molar-refractivity contribution < 1.29 is 4.79 Å². The van der Waals surface area contributed by atoms with E-state index >= 15 is 0 Å². The Morgan fingerprint density at radius 3 is 2.16 bits per heavy atom. The Kier molecular flexibility index (Phi) is 3.59. The van der Waals surface area contributed by atoms with Gasteiger partial charge in [0.15, 0.2) is 5.78 Å². The van der Waals surface area contributed by atoms with E-state index in [4.69, 9.17) is 0 Å². The molecule has 0 bridgehead atoms. The molecule has 19 heavy (non-hydrogen) atoms. The number of benzene rings is 1. The van der Waals surface area contributed by atoms with Gasteiger partial charge in [0.05, 0.1) is 0 Å². The zero-order chi connectivity index (χ0) is 14.4. The summed E-state index contributed by atoms with van der Waals surface area (Å²) in [6.07, 6.45) is 1.04. The fourth-order valence-electron chi connectivity index (χ4n) is 2.74. The van der Waals surface area contributed by atoms with Gasteiger partial charge in [0, 0.05) is 11.5 Å². The fraction of sp³-hybridized carbons (Fsp3) is 0.611. The normalized spacial score (nSPS) is 20.9. The monoisotopic (exact) mass is 258 g/mol. The van der Waals surface area contributed by atoms with Crippen molar-refractivity contribution in [3.05, 3.63) is 34.9 Å². The van der Waals surface area contributed by atoms with Crippen LogP contribution >= 0.6 is 0 Å². The van der Waals surface area contributed by atoms with Crippen LogP contribution in [-0.2, 0) is 0 Å². The molecule has 0 radical (unpaired) electrons. The van der Waals surface area contributed by atoms with Crippen molar-refractivity contribution in [3.63, 3.8) is 0 Å². The maximum Gasteiger partial charge on any atom is 0.166 e. The number of rotatable bonds is 4. The van der Waals surface area contributed by atoms with E-state index in [-0.39, 0.29) is 11.3 Å². The molecule has 1 heteroatoms. The van der Waals surface area contributed by atoms with Gasteiger partial charge in [-0.3, -0.25) is 4.79 Å². The lowest BCUT2D eigenvalue weighted by Crippen LogP contribution is -2.11. The van der Waals surface area contributed by atoms with Gasteiger partial charge in [-0.2, -0.15) is 0 Å². The second kappa shape index (κ2) is 4.77. The number of carbonyl (C=O) groups is 1. The molecule has 0 N–H and O–H groups in total. The van der Waals surface area contributed by atoms with Gasteiger partial charge in [0.25, 0.3) is 0 Å². The molecule has 0 aliphatic heterocycles. The Morgan fingerprint density at radius 2 is 1.74 bits per heavy atom. The Hall–Kier alpha value is -1.11. The summed E-state index contributed by atoms with van der Waals surface area (Å²) in [5, 5.41) is 0. The highest BCUT2D eigenvalue weighted by Gasteiger charge is 2.50. The summed E-state index contributed by atoms with van der Waals surface area (Å²) in [6.45, 7) is 13.1. The maximum absolute atomic E-state index is 12.6. The van der Waals surface area contributed by atoms with Crippen LogP contribution in [0.25, 0.3) is 0 Å². The van der Waals surface area contributed by atoms with E-state index in [1.54, 1.807) is 0 Å². The third-order valence-corrected chi connectivity index (χ3v) is 4.46. The average molecular weight is 258 g/mol. The van der Waals surface area contributed by atoms with Gasteiger partial charge >= 0.3 is 0 Å². The highest BCUT2D eigenvalue weighted by atomic mass is 16.1. The molecule has 1 aliphatic carbocycles.